The predicted octanol–water partition coefficient (Wildman–Crippen LogP) is 3.49. The average Bonchev–Trinajstić information content (AvgIpc) is 3.20. The zero-order valence-corrected chi connectivity index (χ0v) is 14.7. The van der Waals surface area contributed by atoms with Gasteiger partial charge in [-0.25, -0.2) is 0 Å². The number of nitrogens with two attached hydrogens (primary N) is 1. The number of halogens is 1. The molecule has 7 heteroatoms. The van der Waals surface area contributed by atoms with Crippen molar-refractivity contribution in [1.29, 1.82) is 0 Å². The summed E-state index contributed by atoms with van der Waals surface area (Å²) in [4.78, 5) is 24.8. The molecular weight excluding hydrogens is 346 g/mol. The summed E-state index contributed by atoms with van der Waals surface area (Å²) in [7, 11) is 0. The van der Waals surface area contributed by atoms with Crippen molar-refractivity contribution in [2.75, 3.05) is 10.6 Å². The van der Waals surface area contributed by atoms with Gasteiger partial charge in [0.15, 0.2) is 0 Å². The second-order valence-electron chi connectivity index (χ2n) is 5.77. The highest BCUT2D eigenvalue weighted by atomic mass is 35.5. The number of nitrogens with one attached hydrogen (secondary N) is 2. The first-order valence-electron chi connectivity index (χ1n) is 7.63. The second kappa shape index (κ2) is 8.28. The lowest BCUT2D eigenvalue weighted by molar-refractivity contribution is -0.119. The van der Waals surface area contributed by atoms with E-state index in [1.54, 1.807) is 30.3 Å². The van der Waals surface area contributed by atoms with Crippen LogP contribution in [0.4, 0.5) is 11.4 Å². The fourth-order valence-electron chi connectivity index (χ4n) is 2.74. The van der Waals surface area contributed by atoms with Gasteiger partial charge >= 0.3 is 0 Å². The number of thiophene rings is 1. The summed E-state index contributed by atoms with van der Waals surface area (Å²) in [6.45, 7) is 0. The molecule has 2 aromatic rings. The zero-order valence-electron chi connectivity index (χ0n) is 13.0. The third kappa shape index (κ3) is 4.56. The van der Waals surface area contributed by atoms with Gasteiger partial charge in [-0.3, -0.25) is 9.59 Å². The minimum atomic E-state index is -0.128. The molecule has 1 fully saturated rings. The Bertz CT molecular complexity index is 688. The maximum absolute atomic E-state index is 12.1. The molecule has 24 heavy (non-hydrogen) atoms. The average molecular weight is 366 g/mol. The van der Waals surface area contributed by atoms with Crippen molar-refractivity contribution >= 4 is 46.9 Å². The number of rotatable bonds is 4. The first-order chi connectivity index (χ1) is 11.1. The number of carbonyl (C=O) groups is 2. The van der Waals surface area contributed by atoms with Crippen molar-refractivity contribution in [3.8, 4) is 0 Å². The van der Waals surface area contributed by atoms with Gasteiger partial charge in [-0.05, 0) is 55.0 Å². The third-order valence-corrected chi connectivity index (χ3v) is 4.87. The minimum Gasteiger partial charge on any atom is -0.328 e. The fourth-order valence-corrected chi connectivity index (χ4v) is 3.36. The largest absolute Gasteiger partial charge is 0.328 e. The molecule has 5 nitrogen and oxygen atoms in total. The van der Waals surface area contributed by atoms with Gasteiger partial charge in [0.25, 0.3) is 5.91 Å². The Hall–Kier alpha value is -1.89. The lowest BCUT2D eigenvalue weighted by atomic mass is 10.1. The summed E-state index contributed by atoms with van der Waals surface area (Å²) >= 11 is 1.40. The molecule has 4 N–H and O–H groups in total. The zero-order chi connectivity index (χ0) is 16.2. The molecule has 1 aliphatic rings. The summed E-state index contributed by atoms with van der Waals surface area (Å²) in [5.41, 5.74) is 7.27. The molecule has 2 atom stereocenters. The molecule has 1 aromatic heterocycles. The van der Waals surface area contributed by atoms with Crippen LogP contribution in [0, 0.1) is 5.92 Å². The van der Waals surface area contributed by atoms with Gasteiger partial charge in [0.1, 0.15) is 0 Å². The number of benzene rings is 1. The minimum absolute atomic E-state index is 0. The Morgan fingerprint density at radius 1 is 1.04 bits per heavy atom. The SMILES string of the molecule is Cl.NC1CCC(C(=O)Nc2ccc(NC(=O)c3cccs3)cc2)C1. The summed E-state index contributed by atoms with van der Waals surface area (Å²) in [5, 5.41) is 7.60. The van der Waals surface area contributed by atoms with Crippen LogP contribution in [-0.2, 0) is 4.79 Å². The van der Waals surface area contributed by atoms with E-state index >= 15 is 0 Å². The monoisotopic (exact) mass is 365 g/mol. The molecule has 0 bridgehead atoms. The highest BCUT2D eigenvalue weighted by Gasteiger charge is 2.27. The van der Waals surface area contributed by atoms with E-state index in [1.807, 2.05) is 11.4 Å². The predicted molar refractivity (Wildman–Crippen MR) is 99.9 cm³/mol. The van der Waals surface area contributed by atoms with Gasteiger partial charge in [0.05, 0.1) is 4.88 Å². The van der Waals surface area contributed by atoms with Crippen LogP contribution in [0.15, 0.2) is 41.8 Å². The van der Waals surface area contributed by atoms with Crippen molar-refractivity contribution in [2.45, 2.75) is 25.3 Å². The van der Waals surface area contributed by atoms with E-state index in [-0.39, 0.29) is 36.2 Å². The van der Waals surface area contributed by atoms with E-state index in [0.717, 1.165) is 24.9 Å². The molecule has 0 spiro atoms. The summed E-state index contributed by atoms with van der Waals surface area (Å²) in [6.07, 6.45) is 2.51. The number of hydrogen-bond donors (Lipinski definition) is 3. The Morgan fingerprint density at radius 2 is 1.71 bits per heavy atom. The third-order valence-electron chi connectivity index (χ3n) is 4.00. The molecule has 128 valence electrons. The van der Waals surface area contributed by atoms with Crippen LogP contribution in [0.5, 0.6) is 0 Å². The number of carbonyl (C=O) groups excluding carboxylic acids is 2. The molecule has 1 aliphatic carbocycles. The molecule has 1 heterocycles. The van der Waals surface area contributed by atoms with E-state index in [1.165, 1.54) is 11.3 Å². The highest BCUT2D eigenvalue weighted by Crippen LogP contribution is 2.25. The molecule has 0 aliphatic heterocycles. The number of anilines is 2. The van der Waals surface area contributed by atoms with Crippen LogP contribution in [-0.4, -0.2) is 17.9 Å². The highest BCUT2D eigenvalue weighted by molar-refractivity contribution is 7.12. The maximum Gasteiger partial charge on any atom is 0.265 e. The molecule has 2 unspecified atom stereocenters. The van der Waals surface area contributed by atoms with Crippen molar-refractivity contribution in [3.63, 3.8) is 0 Å². The Labute approximate surface area is 151 Å². The van der Waals surface area contributed by atoms with E-state index in [9.17, 15) is 9.59 Å². The lowest BCUT2D eigenvalue weighted by Crippen LogP contribution is -2.23. The van der Waals surface area contributed by atoms with Crippen molar-refractivity contribution in [3.05, 3.63) is 46.7 Å². The smallest absolute Gasteiger partial charge is 0.265 e. The Balaban J connectivity index is 0.00000208. The molecule has 2 amide bonds. The van der Waals surface area contributed by atoms with Crippen molar-refractivity contribution < 1.29 is 9.59 Å². The number of hydrogen-bond acceptors (Lipinski definition) is 4. The maximum atomic E-state index is 12.1. The Morgan fingerprint density at radius 3 is 2.25 bits per heavy atom. The molecule has 0 radical (unpaired) electrons. The Kier molecular flexibility index (Phi) is 6.36. The molecule has 1 aromatic carbocycles. The summed E-state index contributed by atoms with van der Waals surface area (Å²) < 4.78 is 0. The summed E-state index contributed by atoms with van der Waals surface area (Å²) in [5.74, 6) is -0.103. The van der Waals surface area contributed by atoms with Gasteiger partial charge in [0.2, 0.25) is 5.91 Å². The van der Waals surface area contributed by atoms with E-state index in [0.29, 0.717) is 10.6 Å². The van der Waals surface area contributed by atoms with Crippen molar-refractivity contribution in [2.24, 2.45) is 11.7 Å². The van der Waals surface area contributed by atoms with Crippen LogP contribution in [0.1, 0.15) is 28.9 Å². The molecular formula is C17H20ClN3O2S. The van der Waals surface area contributed by atoms with Crippen LogP contribution in [0.25, 0.3) is 0 Å². The normalized spacial score (nSPS) is 19.4. The van der Waals surface area contributed by atoms with E-state index in [2.05, 4.69) is 10.6 Å². The first kappa shape index (κ1) is 18.4. The van der Waals surface area contributed by atoms with Crippen LogP contribution >= 0.6 is 23.7 Å². The fraction of sp³-hybridized carbons (Fsp3) is 0.294. The number of amides is 2. The summed E-state index contributed by atoms with van der Waals surface area (Å²) in [6, 6.07) is 10.9. The van der Waals surface area contributed by atoms with Gasteiger partial charge in [0, 0.05) is 23.3 Å². The molecule has 1 saturated carbocycles. The van der Waals surface area contributed by atoms with Crippen LogP contribution < -0.4 is 16.4 Å². The van der Waals surface area contributed by atoms with E-state index in [4.69, 9.17) is 5.73 Å². The van der Waals surface area contributed by atoms with E-state index < -0.39 is 0 Å². The molecule has 0 saturated heterocycles. The van der Waals surface area contributed by atoms with Crippen LogP contribution in [0.3, 0.4) is 0 Å². The molecule has 3 rings (SSSR count). The standard InChI is InChI=1S/C17H19N3O2S.ClH/c18-12-4-3-11(10-12)16(21)19-13-5-7-14(8-6-13)20-17(22)15-2-1-9-23-15;/h1-2,5-9,11-12H,3-4,10,18H2,(H,19,21)(H,20,22);1H. The lowest BCUT2D eigenvalue weighted by Gasteiger charge is -2.11. The quantitative estimate of drug-likeness (QED) is 0.775. The van der Waals surface area contributed by atoms with Gasteiger partial charge < -0.3 is 16.4 Å². The topological polar surface area (TPSA) is 84.2 Å². The van der Waals surface area contributed by atoms with Gasteiger partial charge in [-0.1, -0.05) is 6.07 Å². The first-order valence-corrected chi connectivity index (χ1v) is 8.51. The van der Waals surface area contributed by atoms with Crippen molar-refractivity contribution in [1.82, 2.24) is 0 Å². The second-order valence-corrected chi connectivity index (χ2v) is 6.72. The van der Waals surface area contributed by atoms with Gasteiger partial charge in [-0.15, -0.1) is 23.7 Å². The van der Waals surface area contributed by atoms with Gasteiger partial charge in [-0.2, -0.15) is 0 Å². The van der Waals surface area contributed by atoms with Crippen LogP contribution in [0.2, 0.25) is 0 Å².